The molecule has 0 saturated carbocycles. The number of nitrogens with one attached hydrogen (secondary N) is 2. The lowest BCUT2D eigenvalue weighted by Gasteiger charge is -2.13. The second-order valence-electron chi connectivity index (χ2n) is 5.29. The maximum atomic E-state index is 12.3. The van der Waals surface area contributed by atoms with Gasteiger partial charge in [-0.2, -0.15) is 0 Å². The molecule has 0 aliphatic carbocycles. The maximum Gasteiger partial charge on any atom is 0.261 e. The van der Waals surface area contributed by atoms with Crippen LogP contribution < -0.4 is 9.44 Å². The van der Waals surface area contributed by atoms with Gasteiger partial charge in [-0.15, -0.1) is 0 Å². The predicted octanol–water partition coefficient (Wildman–Crippen LogP) is 1.20. The van der Waals surface area contributed by atoms with E-state index >= 15 is 0 Å². The summed E-state index contributed by atoms with van der Waals surface area (Å²) in [7, 11) is -6.10. The van der Waals surface area contributed by atoms with Gasteiger partial charge in [0.15, 0.2) is 0 Å². The molecule has 1 aromatic carbocycles. The normalized spacial score (nSPS) is 13.4. The van der Waals surface area contributed by atoms with Gasteiger partial charge in [0.2, 0.25) is 10.0 Å². The monoisotopic (exact) mass is 385 g/mol. The van der Waals surface area contributed by atoms with Crippen molar-refractivity contribution >= 4 is 25.7 Å². The van der Waals surface area contributed by atoms with Crippen molar-refractivity contribution in [3.63, 3.8) is 0 Å². The molecule has 0 unspecified atom stereocenters. The van der Waals surface area contributed by atoms with Gasteiger partial charge in [0.05, 0.1) is 22.1 Å². The van der Waals surface area contributed by atoms with E-state index in [1.165, 1.54) is 55.9 Å². The molecule has 2 N–H and O–H groups in total. The fourth-order valence-electron chi connectivity index (χ4n) is 2.05. The fourth-order valence-corrected chi connectivity index (χ4v) is 4.34. The van der Waals surface area contributed by atoms with Crippen molar-refractivity contribution in [2.75, 3.05) is 18.4 Å². The average molecular weight is 385 g/mol. The van der Waals surface area contributed by atoms with Crippen molar-refractivity contribution in [1.82, 2.24) is 9.71 Å². The van der Waals surface area contributed by atoms with Crippen LogP contribution in [0.3, 0.4) is 0 Å². The van der Waals surface area contributed by atoms with E-state index in [9.17, 15) is 16.8 Å². The number of rotatable bonds is 8. The number of hydrogen-bond donors (Lipinski definition) is 2. The summed E-state index contributed by atoms with van der Waals surface area (Å²) in [6.07, 6.45) is 2.92. The van der Waals surface area contributed by atoms with Crippen molar-refractivity contribution in [2.24, 2.45) is 0 Å². The Kier molecular flexibility index (Phi) is 6.11. The molecule has 1 atom stereocenters. The van der Waals surface area contributed by atoms with Gasteiger partial charge in [0.25, 0.3) is 10.0 Å². The van der Waals surface area contributed by atoms with Crippen LogP contribution in [0.1, 0.15) is 6.92 Å². The van der Waals surface area contributed by atoms with E-state index in [0.717, 1.165) is 0 Å². The summed E-state index contributed by atoms with van der Waals surface area (Å²) < 4.78 is 58.8. The molecule has 10 heteroatoms. The van der Waals surface area contributed by atoms with Crippen LogP contribution in [0.2, 0.25) is 0 Å². The number of ether oxygens (including phenoxy) is 1. The van der Waals surface area contributed by atoms with E-state index in [1.807, 2.05) is 0 Å². The molecule has 25 heavy (non-hydrogen) atoms. The number of benzene rings is 1. The van der Waals surface area contributed by atoms with Gasteiger partial charge in [-0.1, -0.05) is 0 Å². The first kappa shape index (κ1) is 19.3. The Morgan fingerprint density at radius 1 is 0.960 bits per heavy atom. The van der Waals surface area contributed by atoms with Gasteiger partial charge in [0.1, 0.15) is 0 Å². The molecule has 0 spiro atoms. The Bertz CT molecular complexity index is 898. The van der Waals surface area contributed by atoms with E-state index in [1.54, 1.807) is 6.92 Å². The largest absolute Gasteiger partial charge is 0.383 e. The average Bonchev–Trinajstić information content (AvgIpc) is 2.55. The summed E-state index contributed by atoms with van der Waals surface area (Å²) in [6, 6.07) is 7.56. The summed E-state index contributed by atoms with van der Waals surface area (Å²) in [5, 5.41) is 0. The first-order chi connectivity index (χ1) is 11.7. The SMILES string of the molecule is COC[C@@H](C)NS(=O)(=O)c1ccc(S(=O)(=O)Nc2ccncc2)cc1. The minimum Gasteiger partial charge on any atom is -0.383 e. The maximum absolute atomic E-state index is 12.3. The standard InChI is InChI=1S/C15H19N3O5S2/c1-12(11-23-2)17-24(19,20)14-3-5-15(6-4-14)25(21,22)18-13-7-9-16-10-8-13/h3-10,12,17H,11H2,1-2H3,(H,16,18)/t12-/m1/s1. The second-order valence-corrected chi connectivity index (χ2v) is 8.69. The molecule has 0 saturated heterocycles. The van der Waals surface area contributed by atoms with E-state index in [4.69, 9.17) is 4.74 Å². The lowest BCUT2D eigenvalue weighted by atomic mass is 10.4. The second kappa shape index (κ2) is 7.91. The van der Waals surface area contributed by atoms with E-state index in [-0.39, 0.29) is 16.4 Å². The molecule has 0 aliphatic heterocycles. The highest BCUT2D eigenvalue weighted by Gasteiger charge is 2.19. The van der Waals surface area contributed by atoms with Crippen LogP contribution in [0, 0.1) is 0 Å². The number of pyridine rings is 1. The molecule has 0 aliphatic rings. The molecule has 1 heterocycles. The molecule has 8 nitrogen and oxygen atoms in total. The van der Waals surface area contributed by atoms with Crippen LogP contribution in [0.5, 0.6) is 0 Å². The van der Waals surface area contributed by atoms with E-state index < -0.39 is 26.1 Å². The Balaban J connectivity index is 2.19. The zero-order valence-corrected chi connectivity index (χ0v) is 15.3. The molecule has 2 aromatic rings. The molecular weight excluding hydrogens is 366 g/mol. The van der Waals surface area contributed by atoms with Crippen molar-refractivity contribution in [3.8, 4) is 0 Å². The third-order valence-corrected chi connectivity index (χ3v) is 6.15. The van der Waals surface area contributed by atoms with Crippen molar-refractivity contribution in [3.05, 3.63) is 48.8 Å². The zero-order chi connectivity index (χ0) is 18.5. The number of methoxy groups -OCH3 is 1. The molecule has 0 bridgehead atoms. The third-order valence-electron chi connectivity index (χ3n) is 3.15. The van der Waals surface area contributed by atoms with Gasteiger partial charge >= 0.3 is 0 Å². The number of hydrogen-bond acceptors (Lipinski definition) is 6. The minimum atomic E-state index is -3.82. The Hall–Kier alpha value is -2.01. The third kappa shape index (κ3) is 5.23. The van der Waals surface area contributed by atoms with Crippen LogP contribution in [-0.4, -0.2) is 41.6 Å². The van der Waals surface area contributed by atoms with Crippen LogP contribution in [-0.2, 0) is 24.8 Å². The van der Waals surface area contributed by atoms with Crippen LogP contribution >= 0.6 is 0 Å². The number of nitrogens with zero attached hydrogens (tertiary/aromatic N) is 1. The van der Waals surface area contributed by atoms with Gasteiger partial charge in [0, 0.05) is 25.5 Å². The highest BCUT2D eigenvalue weighted by atomic mass is 32.2. The lowest BCUT2D eigenvalue weighted by Crippen LogP contribution is -2.35. The van der Waals surface area contributed by atoms with Crippen LogP contribution in [0.4, 0.5) is 5.69 Å². The Morgan fingerprint density at radius 3 is 2.00 bits per heavy atom. The molecule has 136 valence electrons. The topological polar surface area (TPSA) is 114 Å². The minimum absolute atomic E-state index is 0.0293. The molecular formula is C15H19N3O5S2. The highest BCUT2D eigenvalue weighted by molar-refractivity contribution is 7.92. The van der Waals surface area contributed by atoms with Crippen molar-refractivity contribution in [1.29, 1.82) is 0 Å². The summed E-state index contributed by atoms with van der Waals surface area (Å²) in [5.41, 5.74) is 0.363. The fraction of sp³-hybridized carbons (Fsp3) is 0.267. The number of sulfonamides is 2. The lowest BCUT2D eigenvalue weighted by molar-refractivity contribution is 0.180. The van der Waals surface area contributed by atoms with Crippen molar-refractivity contribution in [2.45, 2.75) is 22.8 Å². The summed E-state index contributed by atoms with van der Waals surface area (Å²) >= 11 is 0. The van der Waals surface area contributed by atoms with Gasteiger partial charge in [-0.3, -0.25) is 9.71 Å². The first-order valence-electron chi connectivity index (χ1n) is 7.29. The number of aromatic nitrogens is 1. The summed E-state index contributed by atoms with van der Waals surface area (Å²) in [4.78, 5) is 3.73. The Labute approximate surface area is 147 Å². The molecule has 0 radical (unpaired) electrons. The number of anilines is 1. The van der Waals surface area contributed by atoms with Gasteiger partial charge in [-0.05, 0) is 43.3 Å². The smallest absolute Gasteiger partial charge is 0.261 e. The highest BCUT2D eigenvalue weighted by Crippen LogP contribution is 2.18. The molecule has 1 aromatic heterocycles. The molecule has 0 fully saturated rings. The molecule has 0 amide bonds. The predicted molar refractivity (Wildman–Crippen MR) is 93.1 cm³/mol. The quantitative estimate of drug-likeness (QED) is 0.706. The van der Waals surface area contributed by atoms with Crippen LogP contribution in [0.15, 0.2) is 58.6 Å². The van der Waals surface area contributed by atoms with E-state index in [2.05, 4.69) is 14.4 Å². The first-order valence-corrected chi connectivity index (χ1v) is 10.3. The van der Waals surface area contributed by atoms with Gasteiger partial charge < -0.3 is 4.74 Å². The summed E-state index contributed by atoms with van der Waals surface area (Å²) in [5.74, 6) is 0. The molecule has 2 rings (SSSR count). The summed E-state index contributed by atoms with van der Waals surface area (Å²) in [6.45, 7) is 1.89. The Morgan fingerprint density at radius 2 is 1.48 bits per heavy atom. The van der Waals surface area contributed by atoms with E-state index in [0.29, 0.717) is 5.69 Å². The zero-order valence-electron chi connectivity index (χ0n) is 13.7. The van der Waals surface area contributed by atoms with Gasteiger partial charge in [-0.25, -0.2) is 21.6 Å². The van der Waals surface area contributed by atoms with Crippen molar-refractivity contribution < 1.29 is 21.6 Å². The van der Waals surface area contributed by atoms with Crippen LogP contribution in [0.25, 0.3) is 0 Å².